The van der Waals surface area contributed by atoms with E-state index in [1.165, 1.54) is 0 Å². The number of hydrogen-bond donors (Lipinski definition) is 1. The molecule has 6 heteroatoms. The fraction of sp³-hybridized carbons (Fsp3) is 0.368. The molecule has 1 aromatic heterocycles. The van der Waals surface area contributed by atoms with Gasteiger partial charge in [0.1, 0.15) is 0 Å². The number of aryl methyl sites for hydroxylation is 1. The van der Waals surface area contributed by atoms with Crippen LogP contribution in [0.5, 0.6) is 0 Å². The van der Waals surface area contributed by atoms with E-state index in [-0.39, 0.29) is 17.9 Å². The van der Waals surface area contributed by atoms with Crippen LogP contribution in [0.15, 0.2) is 35.7 Å². The highest BCUT2D eigenvalue weighted by Gasteiger charge is 2.23. The van der Waals surface area contributed by atoms with Crippen molar-refractivity contribution in [1.82, 2.24) is 4.90 Å². The molecular weight excluding hydrogens is 336 g/mol. The molecule has 2 amide bonds. The van der Waals surface area contributed by atoms with Crippen LogP contribution in [0, 0.1) is 6.92 Å². The molecule has 0 unspecified atom stereocenters. The Morgan fingerprint density at radius 3 is 2.44 bits per heavy atom. The number of hydrogen-bond acceptors (Lipinski definition) is 4. The molecule has 2 aromatic rings. The molecule has 1 N–H and O–H groups in total. The quantitative estimate of drug-likeness (QED) is 0.909. The average Bonchev–Trinajstić information content (AvgIpc) is 3.08. The number of amides is 2. The molecule has 1 saturated heterocycles. The maximum Gasteiger partial charge on any atom is 0.256 e. The second kappa shape index (κ2) is 7.80. The Morgan fingerprint density at radius 2 is 1.84 bits per heavy atom. The van der Waals surface area contributed by atoms with Gasteiger partial charge in [-0.25, -0.2) is 0 Å². The lowest BCUT2D eigenvalue weighted by molar-refractivity contribution is 0.0362. The third-order valence-electron chi connectivity index (χ3n) is 4.44. The number of anilines is 1. The SMILES string of the molecule is Cc1cc(C(=O)Nc2ccc(C(=O)N(C)C3CCOCC3)cc2)cs1. The van der Waals surface area contributed by atoms with Crippen molar-refractivity contribution < 1.29 is 14.3 Å². The van der Waals surface area contributed by atoms with Crippen LogP contribution in [0.4, 0.5) is 5.69 Å². The Kier molecular flexibility index (Phi) is 5.50. The van der Waals surface area contributed by atoms with Crippen LogP contribution in [0.1, 0.15) is 38.4 Å². The van der Waals surface area contributed by atoms with Crippen LogP contribution >= 0.6 is 11.3 Å². The van der Waals surface area contributed by atoms with Crippen molar-refractivity contribution in [2.24, 2.45) is 0 Å². The Bertz CT molecular complexity index is 748. The fourth-order valence-corrected chi connectivity index (χ4v) is 3.59. The summed E-state index contributed by atoms with van der Waals surface area (Å²) < 4.78 is 5.35. The van der Waals surface area contributed by atoms with Crippen molar-refractivity contribution in [2.45, 2.75) is 25.8 Å². The highest BCUT2D eigenvalue weighted by atomic mass is 32.1. The predicted molar refractivity (Wildman–Crippen MR) is 99.4 cm³/mol. The zero-order valence-corrected chi connectivity index (χ0v) is 15.3. The van der Waals surface area contributed by atoms with Gasteiger partial charge in [0.05, 0.1) is 5.56 Å². The van der Waals surface area contributed by atoms with E-state index >= 15 is 0 Å². The first-order valence-corrected chi connectivity index (χ1v) is 9.24. The van der Waals surface area contributed by atoms with Gasteiger partial charge in [0.2, 0.25) is 0 Å². The van der Waals surface area contributed by atoms with Crippen LogP contribution in [0.2, 0.25) is 0 Å². The van der Waals surface area contributed by atoms with Gasteiger partial charge in [0.15, 0.2) is 0 Å². The Morgan fingerprint density at radius 1 is 1.16 bits per heavy atom. The van der Waals surface area contributed by atoms with Crippen molar-refractivity contribution >= 4 is 28.8 Å². The molecule has 25 heavy (non-hydrogen) atoms. The molecular formula is C19H22N2O3S. The van der Waals surface area contributed by atoms with Gasteiger partial charge in [-0.1, -0.05) is 0 Å². The van der Waals surface area contributed by atoms with E-state index in [4.69, 9.17) is 4.74 Å². The van der Waals surface area contributed by atoms with E-state index in [0.717, 1.165) is 17.7 Å². The maximum absolute atomic E-state index is 12.6. The van der Waals surface area contributed by atoms with Crippen LogP contribution in [-0.2, 0) is 4.74 Å². The van der Waals surface area contributed by atoms with Gasteiger partial charge in [-0.2, -0.15) is 0 Å². The lowest BCUT2D eigenvalue weighted by Gasteiger charge is -2.31. The number of carbonyl (C=O) groups excluding carboxylic acids is 2. The lowest BCUT2D eigenvalue weighted by atomic mass is 10.1. The van der Waals surface area contributed by atoms with E-state index in [1.54, 1.807) is 40.5 Å². The van der Waals surface area contributed by atoms with Crippen molar-refractivity contribution in [3.63, 3.8) is 0 Å². The normalized spacial score (nSPS) is 15.0. The number of rotatable bonds is 4. The third kappa shape index (κ3) is 4.27. The zero-order valence-electron chi connectivity index (χ0n) is 14.5. The van der Waals surface area contributed by atoms with Crippen LogP contribution in [-0.4, -0.2) is 43.0 Å². The van der Waals surface area contributed by atoms with E-state index in [1.807, 2.05) is 25.4 Å². The van der Waals surface area contributed by atoms with E-state index in [0.29, 0.717) is 30.0 Å². The predicted octanol–water partition coefficient (Wildman–Crippen LogP) is 3.56. The van der Waals surface area contributed by atoms with Gasteiger partial charge < -0.3 is 15.0 Å². The molecule has 1 aliphatic heterocycles. The first kappa shape index (κ1) is 17.6. The smallest absolute Gasteiger partial charge is 0.256 e. The number of carbonyl (C=O) groups is 2. The van der Waals surface area contributed by atoms with Gasteiger partial charge in [0.25, 0.3) is 11.8 Å². The molecule has 0 aliphatic carbocycles. The summed E-state index contributed by atoms with van der Waals surface area (Å²) in [5.74, 6) is -0.138. The molecule has 0 saturated carbocycles. The van der Waals surface area contributed by atoms with Crippen molar-refractivity contribution in [3.05, 3.63) is 51.7 Å². The average molecular weight is 358 g/mol. The van der Waals surface area contributed by atoms with Crippen molar-refractivity contribution in [2.75, 3.05) is 25.6 Å². The van der Waals surface area contributed by atoms with Crippen LogP contribution < -0.4 is 5.32 Å². The first-order chi connectivity index (χ1) is 12.0. The number of nitrogens with one attached hydrogen (secondary N) is 1. The molecule has 0 radical (unpaired) electrons. The summed E-state index contributed by atoms with van der Waals surface area (Å²) in [7, 11) is 1.84. The maximum atomic E-state index is 12.6. The molecule has 1 aromatic carbocycles. The van der Waals surface area contributed by atoms with Crippen LogP contribution in [0.3, 0.4) is 0 Å². The van der Waals surface area contributed by atoms with E-state index < -0.39 is 0 Å². The van der Waals surface area contributed by atoms with Gasteiger partial charge in [-0.05, 0) is 50.1 Å². The minimum atomic E-state index is -0.136. The van der Waals surface area contributed by atoms with Crippen molar-refractivity contribution in [1.29, 1.82) is 0 Å². The summed E-state index contributed by atoms with van der Waals surface area (Å²) in [5, 5.41) is 4.70. The van der Waals surface area contributed by atoms with Gasteiger partial charge in [-0.3, -0.25) is 9.59 Å². The summed E-state index contributed by atoms with van der Waals surface area (Å²) >= 11 is 1.55. The number of thiophene rings is 1. The number of nitrogens with zero attached hydrogens (tertiary/aromatic N) is 1. The van der Waals surface area contributed by atoms with Gasteiger partial charge in [-0.15, -0.1) is 11.3 Å². The summed E-state index contributed by atoms with van der Waals surface area (Å²) in [4.78, 5) is 27.7. The van der Waals surface area contributed by atoms with E-state index in [9.17, 15) is 9.59 Å². The lowest BCUT2D eigenvalue weighted by Crippen LogP contribution is -2.40. The Balaban J connectivity index is 1.63. The molecule has 0 bridgehead atoms. The van der Waals surface area contributed by atoms with Crippen molar-refractivity contribution in [3.8, 4) is 0 Å². The molecule has 3 rings (SSSR count). The standard InChI is InChI=1S/C19H22N2O3S/c1-13-11-15(12-25-13)18(22)20-16-5-3-14(4-6-16)19(23)21(2)17-7-9-24-10-8-17/h3-6,11-12,17H,7-10H2,1-2H3,(H,20,22). The monoisotopic (exact) mass is 358 g/mol. The highest BCUT2D eigenvalue weighted by molar-refractivity contribution is 7.10. The number of ether oxygens (including phenoxy) is 1. The van der Waals surface area contributed by atoms with Gasteiger partial charge >= 0.3 is 0 Å². The van der Waals surface area contributed by atoms with Crippen LogP contribution in [0.25, 0.3) is 0 Å². The van der Waals surface area contributed by atoms with Gasteiger partial charge in [0, 0.05) is 47.8 Å². The molecule has 132 valence electrons. The topological polar surface area (TPSA) is 58.6 Å². The fourth-order valence-electron chi connectivity index (χ4n) is 2.90. The molecule has 0 spiro atoms. The second-order valence-corrected chi connectivity index (χ2v) is 7.35. The summed E-state index contributed by atoms with van der Waals surface area (Å²) in [6.45, 7) is 3.38. The minimum Gasteiger partial charge on any atom is -0.381 e. The Labute approximate surface area is 151 Å². The largest absolute Gasteiger partial charge is 0.381 e. The molecule has 1 aliphatic rings. The summed E-state index contributed by atoms with van der Waals surface area (Å²) in [6, 6.07) is 9.13. The molecule has 0 atom stereocenters. The van der Waals surface area contributed by atoms with E-state index in [2.05, 4.69) is 5.32 Å². The molecule has 2 heterocycles. The molecule has 1 fully saturated rings. The third-order valence-corrected chi connectivity index (χ3v) is 5.30. The number of benzene rings is 1. The second-order valence-electron chi connectivity index (χ2n) is 6.24. The Hall–Kier alpha value is -2.18. The highest BCUT2D eigenvalue weighted by Crippen LogP contribution is 2.19. The zero-order chi connectivity index (χ0) is 17.8. The first-order valence-electron chi connectivity index (χ1n) is 8.36. The summed E-state index contributed by atoms with van der Waals surface area (Å²) in [5.41, 5.74) is 1.96. The minimum absolute atomic E-state index is 0.00163. The molecule has 5 nitrogen and oxygen atoms in total. The summed E-state index contributed by atoms with van der Waals surface area (Å²) in [6.07, 6.45) is 1.74.